The minimum atomic E-state index is -2.05. The van der Waals surface area contributed by atoms with Crippen molar-refractivity contribution in [3.8, 4) is 0 Å². The molecule has 1 aromatic carbocycles. The van der Waals surface area contributed by atoms with Crippen molar-refractivity contribution in [1.82, 2.24) is 4.90 Å². The molecule has 30 heavy (non-hydrogen) atoms. The highest BCUT2D eigenvalue weighted by Crippen LogP contribution is 2.36. The van der Waals surface area contributed by atoms with Crippen molar-refractivity contribution in [2.45, 2.75) is 51.0 Å². The van der Waals surface area contributed by atoms with E-state index in [4.69, 9.17) is 9.16 Å². The van der Waals surface area contributed by atoms with Crippen LogP contribution in [0.3, 0.4) is 0 Å². The van der Waals surface area contributed by atoms with Crippen molar-refractivity contribution in [1.29, 1.82) is 0 Å². The summed E-state index contributed by atoms with van der Waals surface area (Å²) in [5, 5.41) is 20.7. The number of hydrogen-bond donors (Lipinski definition) is 1. The van der Waals surface area contributed by atoms with E-state index in [1.807, 2.05) is 0 Å². The summed E-state index contributed by atoms with van der Waals surface area (Å²) < 4.78 is 25.9. The van der Waals surface area contributed by atoms with E-state index in [9.17, 15) is 24.4 Å². The Balaban J connectivity index is 2.10. The first-order valence-corrected chi connectivity index (χ1v) is 12.6. The summed E-state index contributed by atoms with van der Waals surface area (Å²) in [5.41, 5.74) is -0.533. The Labute approximate surface area is 176 Å². The van der Waals surface area contributed by atoms with Gasteiger partial charge in [-0.15, -0.1) is 0 Å². The summed E-state index contributed by atoms with van der Waals surface area (Å²) in [4.78, 5) is 23.5. The molecule has 0 saturated carbocycles. The Kier molecular flexibility index (Phi) is 7.38. The largest absolute Gasteiger partial charge is 0.465 e. The van der Waals surface area contributed by atoms with Crippen LogP contribution in [0.1, 0.15) is 26.3 Å². The van der Waals surface area contributed by atoms with E-state index >= 15 is 0 Å². The number of ether oxygens (including phenoxy) is 1. The lowest BCUT2D eigenvalue weighted by Gasteiger charge is -2.41. The van der Waals surface area contributed by atoms with Gasteiger partial charge in [-0.05, 0) is 30.3 Å². The summed E-state index contributed by atoms with van der Waals surface area (Å²) in [7, 11) is -2.05. The number of carbonyl (C=O) groups is 1. The van der Waals surface area contributed by atoms with E-state index in [2.05, 4.69) is 33.9 Å². The van der Waals surface area contributed by atoms with Gasteiger partial charge in [-0.3, -0.25) is 15.0 Å². The molecular weight excluding hydrogens is 411 g/mol. The van der Waals surface area contributed by atoms with Gasteiger partial charge in [-0.1, -0.05) is 32.9 Å². The molecule has 1 aromatic rings. The molecule has 0 aromatic heterocycles. The van der Waals surface area contributed by atoms with E-state index < -0.39 is 37.3 Å². The summed E-state index contributed by atoms with van der Waals surface area (Å²) in [6.07, 6.45) is 0.971. The van der Waals surface area contributed by atoms with Crippen molar-refractivity contribution < 1.29 is 28.4 Å². The zero-order chi connectivity index (χ0) is 22.7. The molecule has 1 N–H and O–H groups in total. The number of morpholine rings is 1. The molecule has 0 unspecified atom stereocenters. The molecular formula is C20H29FN2O6Si. The Bertz CT molecular complexity index is 824. The number of halogens is 1. The fourth-order valence-corrected chi connectivity index (χ4v) is 3.83. The lowest BCUT2D eigenvalue weighted by molar-refractivity contribution is -0.385. The quantitative estimate of drug-likeness (QED) is 0.396. The predicted molar refractivity (Wildman–Crippen MR) is 113 cm³/mol. The molecule has 0 aliphatic carbocycles. The number of nitro benzene ring substituents is 1. The lowest BCUT2D eigenvalue weighted by Crippen LogP contribution is -2.55. The normalized spacial score (nSPS) is 20.5. The van der Waals surface area contributed by atoms with Crippen molar-refractivity contribution in [3.63, 3.8) is 0 Å². The van der Waals surface area contributed by atoms with Gasteiger partial charge in [0.05, 0.1) is 42.4 Å². The zero-order valence-electron chi connectivity index (χ0n) is 17.9. The van der Waals surface area contributed by atoms with Gasteiger partial charge < -0.3 is 14.3 Å². The number of rotatable bonds is 6. The molecule has 0 radical (unpaired) electrons. The lowest BCUT2D eigenvalue weighted by atomic mass is 10.1. The first-order valence-electron chi connectivity index (χ1n) is 9.69. The Morgan fingerprint density at radius 1 is 1.47 bits per heavy atom. The molecule has 1 fully saturated rings. The third-order valence-electron chi connectivity index (χ3n) is 5.71. The number of nitrogens with zero attached hydrogens (tertiary/aromatic N) is 2. The molecule has 0 spiro atoms. The van der Waals surface area contributed by atoms with Crippen molar-refractivity contribution >= 4 is 26.2 Å². The van der Waals surface area contributed by atoms with Gasteiger partial charge in [0.15, 0.2) is 8.32 Å². The average molecular weight is 441 g/mol. The van der Waals surface area contributed by atoms with Crippen LogP contribution in [0.2, 0.25) is 18.1 Å². The van der Waals surface area contributed by atoms with Crippen LogP contribution in [0, 0.1) is 15.9 Å². The molecule has 1 amide bonds. The highest BCUT2D eigenvalue weighted by Gasteiger charge is 2.39. The first kappa shape index (κ1) is 24.0. The second kappa shape index (κ2) is 9.23. The topological polar surface area (TPSA) is 102 Å². The number of benzene rings is 1. The molecule has 1 aliphatic rings. The Morgan fingerprint density at radius 3 is 2.70 bits per heavy atom. The predicted octanol–water partition coefficient (Wildman–Crippen LogP) is 4.52. The van der Waals surface area contributed by atoms with E-state index in [-0.39, 0.29) is 36.0 Å². The van der Waals surface area contributed by atoms with Gasteiger partial charge in [0, 0.05) is 6.07 Å². The molecule has 0 bridgehead atoms. The van der Waals surface area contributed by atoms with E-state index in [0.29, 0.717) is 0 Å². The maximum Gasteiger partial charge on any atom is 0.407 e. The van der Waals surface area contributed by atoms with Crippen LogP contribution in [-0.2, 0) is 9.16 Å². The van der Waals surface area contributed by atoms with Gasteiger partial charge in [0.2, 0.25) is 0 Å². The van der Waals surface area contributed by atoms with E-state index in [0.717, 1.165) is 6.07 Å². The molecule has 166 valence electrons. The fraction of sp³-hybridized carbons (Fsp3) is 0.550. The molecule has 1 heterocycles. The summed E-state index contributed by atoms with van der Waals surface area (Å²) >= 11 is 0. The van der Waals surface area contributed by atoms with Crippen LogP contribution < -0.4 is 0 Å². The van der Waals surface area contributed by atoms with Gasteiger partial charge in [0.25, 0.3) is 5.69 Å². The monoisotopic (exact) mass is 440 g/mol. The van der Waals surface area contributed by atoms with E-state index in [1.54, 1.807) is 0 Å². The smallest absolute Gasteiger partial charge is 0.407 e. The molecule has 2 atom stereocenters. The van der Waals surface area contributed by atoms with Gasteiger partial charge in [-0.2, -0.15) is 0 Å². The summed E-state index contributed by atoms with van der Waals surface area (Å²) in [6.45, 7) is 10.9. The fourth-order valence-electron chi connectivity index (χ4n) is 2.78. The van der Waals surface area contributed by atoms with Crippen LogP contribution in [0.15, 0.2) is 24.3 Å². The second-order valence-corrected chi connectivity index (χ2v) is 13.6. The molecule has 8 nitrogen and oxygen atoms in total. The molecule has 1 aliphatic heterocycles. The Hall–Kier alpha value is -2.30. The standard InChI is InChI=1S/C20H29FN2O6Si/c1-20(2,3)30(4,5)29-13-14-12-28-15(11-22(14)19(24)25)9-10-16-17(21)7-6-8-18(16)23(26)27/h6-10,14-15H,11-13H2,1-5H3,(H,24,25)/t14-,15+/m0/s1. The third kappa shape index (κ3) is 5.64. The van der Waals surface area contributed by atoms with E-state index in [1.165, 1.54) is 29.2 Å². The highest BCUT2D eigenvalue weighted by atomic mass is 28.4. The first-order chi connectivity index (χ1) is 13.8. The van der Waals surface area contributed by atoms with Gasteiger partial charge in [0.1, 0.15) is 5.82 Å². The van der Waals surface area contributed by atoms with Crippen molar-refractivity contribution in [2.75, 3.05) is 19.8 Å². The van der Waals surface area contributed by atoms with Crippen molar-refractivity contribution in [2.24, 2.45) is 0 Å². The SMILES string of the molecule is CC(C)(C)[Si](C)(C)OC[C@@H]1CO[C@H](C=Cc2c(F)cccc2[N+](=O)[O-])CN1C(=O)O. The minimum Gasteiger partial charge on any atom is -0.465 e. The number of nitro groups is 1. The summed E-state index contributed by atoms with van der Waals surface area (Å²) in [6, 6.07) is 3.15. The minimum absolute atomic E-state index is 0.00365. The van der Waals surface area contributed by atoms with Crippen LogP contribution in [-0.4, -0.2) is 61.2 Å². The third-order valence-corrected chi connectivity index (χ3v) is 10.2. The second-order valence-electron chi connectivity index (χ2n) is 8.82. The van der Waals surface area contributed by atoms with Crippen molar-refractivity contribution in [3.05, 3.63) is 45.8 Å². The highest BCUT2D eigenvalue weighted by molar-refractivity contribution is 6.74. The number of carboxylic acid groups (broad SMARTS) is 1. The van der Waals surface area contributed by atoms with Crippen LogP contribution in [0.25, 0.3) is 6.08 Å². The average Bonchev–Trinajstić information content (AvgIpc) is 2.64. The molecule has 2 rings (SSSR count). The molecule has 10 heteroatoms. The van der Waals surface area contributed by atoms with Crippen LogP contribution >= 0.6 is 0 Å². The molecule has 1 saturated heterocycles. The van der Waals surface area contributed by atoms with Crippen LogP contribution in [0.5, 0.6) is 0 Å². The Morgan fingerprint density at radius 2 is 2.13 bits per heavy atom. The summed E-state index contributed by atoms with van der Waals surface area (Å²) in [5.74, 6) is -0.730. The van der Waals surface area contributed by atoms with Gasteiger partial charge in [-0.25, -0.2) is 9.18 Å². The zero-order valence-corrected chi connectivity index (χ0v) is 18.9. The number of hydrogen-bond acceptors (Lipinski definition) is 5. The maximum absolute atomic E-state index is 14.0. The maximum atomic E-state index is 14.0. The number of amides is 1. The van der Waals surface area contributed by atoms with Gasteiger partial charge >= 0.3 is 6.09 Å². The van der Waals surface area contributed by atoms with Crippen LogP contribution in [0.4, 0.5) is 14.9 Å².